The van der Waals surface area contributed by atoms with Crippen LogP contribution in [0.2, 0.25) is 0 Å². The maximum absolute atomic E-state index is 12.1. The minimum absolute atomic E-state index is 0.220. The zero-order chi connectivity index (χ0) is 15.7. The molecule has 21 heavy (non-hydrogen) atoms. The monoisotopic (exact) mass is 295 g/mol. The number of aromatic amines is 1. The number of nitrogens with one attached hydrogen (secondary N) is 2. The third-order valence-electron chi connectivity index (χ3n) is 3.12. The van der Waals surface area contributed by atoms with Crippen LogP contribution in [0.4, 0.5) is 5.95 Å². The average Bonchev–Trinajstić information content (AvgIpc) is 2.72. The van der Waals surface area contributed by atoms with Gasteiger partial charge in [0.15, 0.2) is 11.2 Å². The van der Waals surface area contributed by atoms with Gasteiger partial charge < -0.3 is 15.0 Å². The smallest absolute Gasteiger partial charge is 0.329 e. The van der Waals surface area contributed by atoms with Crippen LogP contribution < -0.4 is 16.6 Å². The molecule has 8 nitrogen and oxygen atoms in total. The van der Waals surface area contributed by atoms with Gasteiger partial charge in [-0.2, -0.15) is 4.98 Å². The van der Waals surface area contributed by atoms with Crippen LogP contribution in [0.5, 0.6) is 0 Å². The molecule has 0 aromatic carbocycles. The zero-order valence-corrected chi connectivity index (χ0v) is 12.7. The van der Waals surface area contributed by atoms with E-state index in [-0.39, 0.29) is 12.1 Å². The van der Waals surface area contributed by atoms with Crippen molar-refractivity contribution < 1.29 is 5.11 Å². The highest BCUT2D eigenvalue weighted by Crippen LogP contribution is 2.16. The maximum atomic E-state index is 12.1. The summed E-state index contributed by atoms with van der Waals surface area (Å²) in [5, 5.41) is 12.8. The molecule has 116 valence electrons. The number of hydrogen-bond donors (Lipinski definition) is 3. The van der Waals surface area contributed by atoms with E-state index in [0.29, 0.717) is 24.1 Å². The third-order valence-corrected chi connectivity index (χ3v) is 3.12. The van der Waals surface area contributed by atoms with E-state index >= 15 is 0 Å². The van der Waals surface area contributed by atoms with Gasteiger partial charge in [0, 0.05) is 13.6 Å². The zero-order valence-electron chi connectivity index (χ0n) is 12.7. The van der Waals surface area contributed by atoms with E-state index in [2.05, 4.69) is 29.1 Å². The summed E-state index contributed by atoms with van der Waals surface area (Å²) in [5.74, 6) is 0.873. The summed E-state index contributed by atoms with van der Waals surface area (Å²) >= 11 is 0. The molecule has 0 radical (unpaired) electrons. The fourth-order valence-electron chi connectivity index (χ4n) is 2.11. The Morgan fingerprint density at radius 3 is 2.57 bits per heavy atom. The van der Waals surface area contributed by atoms with Gasteiger partial charge in [-0.25, -0.2) is 4.79 Å². The van der Waals surface area contributed by atoms with Gasteiger partial charge in [-0.05, 0) is 12.8 Å². The lowest BCUT2D eigenvalue weighted by atomic mass is 10.2. The van der Waals surface area contributed by atoms with Gasteiger partial charge in [-0.1, -0.05) is 13.8 Å². The first-order chi connectivity index (χ1) is 9.81. The number of aryl methyl sites for hydroxylation is 1. The predicted octanol–water partition coefficient (Wildman–Crippen LogP) is -0.128. The number of fused-ring (bicyclic) bond motifs is 1. The van der Waals surface area contributed by atoms with Gasteiger partial charge in [0.05, 0.1) is 12.6 Å². The van der Waals surface area contributed by atoms with E-state index < -0.39 is 17.4 Å². The summed E-state index contributed by atoms with van der Waals surface area (Å²) < 4.78 is 2.90. The number of anilines is 1. The molecule has 0 bridgehead atoms. The standard InChI is InChI=1S/C13H21N5O3/c1-7(2)5-14-12-15-10-9(18(12)6-8(3)19)11(20)16-13(21)17(10)4/h7-8,19H,5-6H2,1-4H3,(H,14,15)(H,16,20,21)/t8-/m0/s1. The maximum Gasteiger partial charge on any atom is 0.329 e. The van der Waals surface area contributed by atoms with Crippen LogP contribution in [-0.2, 0) is 13.6 Å². The van der Waals surface area contributed by atoms with Gasteiger partial charge >= 0.3 is 5.69 Å². The number of aliphatic hydroxyl groups is 1. The third kappa shape index (κ3) is 2.99. The molecule has 0 aliphatic carbocycles. The number of imidazole rings is 1. The first kappa shape index (κ1) is 15.3. The number of aromatic nitrogens is 4. The lowest BCUT2D eigenvalue weighted by Gasteiger charge is -2.13. The fourth-order valence-corrected chi connectivity index (χ4v) is 2.11. The van der Waals surface area contributed by atoms with Crippen molar-refractivity contribution in [2.45, 2.75) is 33.4 Å². The molecule has 0 amide bonds. The van der Waals surface area contributed by atoms with E-state index in [9.17, 15) is 14.7 Å². The average molecular weight is 295 g/mol. The largest absolute Gasteiger partial charge is 0.392 e. The summed E-state index contributed by atoms with van der Waals surface area (Å²) in [6, 6.07) is 0. The molecule has 0 fully saturated rings. The predicted molar refractivity (Wildman–Crippen MR) is 80.6 cm³/mol. The van der Waals surface area contributed by atoms with Gasteiger partial charge in [0.25, 0.3) is 5.56 Å². The van der Waals surface area contributed by atoms with E-state index in [1.165, 1.54) is 4.57 Å². The molecule has 0 saturated carbocycles. The Hall–Kier alpha value is -2.09. The van der Waals surface area contributed by atoms with Crippen molar-refractivity contribution in [2.24, 2.45) is 13.0 Å². The van der Waals surface area contributed by atoms with Gasteiger partial charge in [-0.15, -0.1) is 0 Å². The Kier molecular flexibility index (Phi) is 4.17. The fraction of sp³-hybridized carbons (Fsp3) is 0.615. The highest BCUT2D eigenvalue weighted by atomic mass is 16.3. The summed E-state index contributed by atoms with van der Waals surface area (Å²) in [5.41, 5.74) is -0.427. The number of aliphatic hydroxyl groups excluding tert-OH is 1. The van der Waals surface area contributed by atoms with Crippen molar-refractivity contribution in [3.05, 3.63) is 20.8 Å². The van der Waals surface area contributed by atoms with Crippen LogP contribution in [0.25, 0.3) is 11.2 Å². The minimum Gasteiger partial charge on any atom is -0.392 e. The molecule has 1 atom stereocenters. The van der Waals surface area contributed by atoms with Crippen LogP contribution in [0.1, 0.15) is 20.8 Å². The first-order valence-electron chi connectivity index (χ1n) is 6.92. The molecule has 2 heterocycles. The molecule has 0 aliphatic heterocycles. The number of rotatable bonds is 5. The topological polar surface area (TPSA) is 105 Å². The van der Waals surface area contributed by atoms with E-state index in [1.807, 2.05) is 0 Å². The number of nitrogens with zero attached hydrogens (tertiary/aromatic N) is 3. The molecule has 3 N–H and O–H groups in total. The molecule has 0 spiro atoms. The Morgan fingerprint density at radius 2 is 2.00 bits per heavy atom. The Balaban J connectivity index is 2.67. The molecule has 2 rings (SSSR count). The van der Waals surface area contributed by atoms with Crippen LogP contribution in [0.3, 0.4) is 0 Å². The van der Waals surface area contributed by atoms with Crippen molar-refractivity contribution in [1.82, 2.24) is 19.1 Å². The van der Waals surface area contributed by atoms with Crippen LogP contribution in [-0.4, -0.2) is 36.9 Å². The molecule has 0 unspecified atom stereocenters. The SMILES string of the molecule is CC(C)CNc1nc2c(c(=O)[nH]c(=O)n2C)n1C[C@H](C)O. The molecular weight excluding hydrogens is 274 g/mol. The Bertz CT molecular complexity index is 753. The van der Waals surface area contributed by atoms with Gasteiger partial charge in [0.1, 0.15) is 0 Å². The molecule has 8 heteroatoms. The van der Waals surface area contributed by atoms with E-state index in [0.717, 1.165) is 0 Å². The second kappa shape index (κ2) is 5.72. The Morgan fingerprint density at radius 1 is 1.33 bits per heavy atom. The highest BCUT2D eigenvalue weighted by molar-refractivity contribution is 5.74. The minimum atomic E-state index is -0.640. The lowest BCUT2D eigenvalue weighted by molar-refractivity contribution is 0.175. The number of H-pyrrole nitrogens is 1. The van der Waals surface area contributed by atoms with Crippen molar-refractivity contribution >= 4 is 17.1 Å². The summed E-state index contributed by atoms with van der Waals surface area (Å²) in [7, 11) is 1.55. The van der Waals surface area contributed by atoms with E-state index in [1.54, 1.807) is 18.5 Å². The van der Waals surface area contributed by atoms with Crippen molar-refractivity contribution in [2.75, 3.05) is 11.9 Å². The second-order valence-corrected chi connectivity index (χ2v) is 5.66. The van der Waals surface area contributed by atoms with Crippen LogP contribution >= 0.6 is 0 Å². The van der Waals surface area contributed by atoms with Gasteiger partial charge in [-0.3, -0.25) is 14.3 Å². The van der Waals surface area contributed by atoms with Crippen molar-refractivity contribution in [1.29, 1.82) is 0 Å². The lowest BCUT2D eigenvalue weighted by Crippen LogP contribution is -2.29. The van der Waals surface area contributed by atoms with Crippen LogP contribution in [0.15, 0.2) is 9.59 Å². The van der Waals surface area contributed by atoms with Crippen molar-refractivity contribution in [3.63, 3.8) is 0 Å². The summed E-state index contributed by atoms with van der Waals surface area (Å²) in [4.78, 5) is 30.3. The van der Waals surface area contributed by atoms with Crippen LogP contribution in [0, 0.1) is 5.92 Å². The first-order valence-corrected chi connectivity index (χ1v) is 6.92. The quantitative estimate of drug-likeness (QED) is 0.713. The second-order valence-electron chi connectivity index (χ2n) is 5.66. The number of hydrogen-bond acceptors (Lipinski definition) is 5. The molecular formula is C13H21N5O3. The highest BCUT2D eigenvalue weighted by Gasteiger charge is 2.18. The normalized spacial score (nSPS) is 13.0. The Labute approximate surface area is 121 Å². The summed E-state index contributed by atoms with van der Waals surface area (Å²) in [6.07, 6.45) is -0.640. The molecule has 2 aromatic heterocycles. The van der Waals surface area contributed by atoms with E-state index in [4.69, 9.17) is 0 Å². The molecule has 0 aliphatic rings. The van der Waals surface area contributed by atoms with Crippen molar-refractivity contribution in [3.8, 4) is 0 Å². The summed E-state index contributed by atoms with van der Waals surface area (Å²) in [6.45, 7) is 6.63. The molecule has 2 aromatic rings. The molecule has 0 saturated heterocycles. The van der Waals surface area contributed by atoms with Gasteiger partial charge in [0.2, 0.25) is 5.95 Å².